The van der Waals surface area contributed by atoms with Gasteiger partial charge in [0.2, 0.25) is 0 Å². The molecule has 5 heteroatoms. The summed E-state index contributed by atoms with van der Waals surface area (Å²) in [7, 11) is 0. The van der Waals surface area contributed by atoms with Gasteiger partial charge in [0, 0.05) is 16.6 Å². The van der Waals surface area contributed by atoms with Gasteiger partial charge in [-0.05, 0) is 39.3 Å². The molecule has 1 aromatic heterocycles. The summed E-state index contributed by atoms with van der Waals surface area (Å²) in [4.78, 5) is 4.31. The molecule has 0 spiro atoms. The van der Waals surface area contributed by atoms with Gasteiger partial charge in [-0.1, -0.05) is 20.8 Å². The highest BCUT2D eigenvalue weighted by atomic mass is 19.3. The van der Waals surface area contributed by atoms with Crippen LogP contribution in [0.25, 0.3) is 0 Å². The van der Waals surface area contributed by atoms with Crippen LogP contribution >= 0.6 is 0 Å². The highest BCUT2D eigenvalue weighted by Gasteiger charge is 2.31. The van der Waals surface area contributed by atoms with E-state index in [0.717, 1.165) is 11.3 Å². The van der Waals surface area contributed by atoms with Crippen molar-refractivity contribution in [1.82, 2.24) is 10.3 Å². The van der Waals surface area contributed by atoms with Gasteiger partial charge in [0.15, 0.2) is 6.61 Å². The highest BCUT2D eigenvalue weighted by molar-refractivity contribution is 5.33. The summed E-state index contributed by atoms with van der Waals surface area (Å²) in [5.41, 5.74) is 1.30. The zero-order valence-corrected chi connectivity index (χ0v) is 14.7. The van der Waals surface area contributed by atoms with Crippen LogP contribution in [0.5, 0.6) is 5.75 Å². The predicted molar refractivity (Wildman–Crippen MR) is 85.9 cm³/mol. The van der Waals surface area contributed by atoms with E-state index in [1.54, 1.807) is 0 Å². The Morgan fingerprint density at radius 3 is 2.18 bits per heavy atom. The molecule has 1 rings (SSSR count). The van der Waals surface area contributed by atoms with Gasteiger partial charge in [0.25, 0.3) is 5.92 Å². The number of hydrogen-bond donors (Lipinski definition) is 1. The monoisotopic (exact) mass is 314 g/mol. The fraction of sp³-hybridized carbons (Fsp3) is 0.706. The van der Waals surface area contributed by atoms with E-state index >= 15 is 0 Å². The standard InChI is InChI=1S/C17H28F2N2O/c1-12-8-14(15(2,3)4)20-9-13(12)22-11-17(18,19)10-21-16(5,6)7/h8-9,21H,10-11H2,1-7H3. The molecule has 3 nitrogen and oxygen atoms in total. The van der Waals surface area contributed by atoms with E-state index in [1.165, 1.54) is 6.20 Å². The van der Waals surface area contributed by atoms with Crippen molar-refractivity contribution in [3.63, 3.8) is 0 Å². The SMILES string of the molecule is Cc1cc(C(C)(C)C)ncc1OCC(F)(F)CNC(C)(C)C. The lowest BCUT2D eigenvalue weighted by atomic mass is 9.91. The fourth-order valence-electron chi connectivity index (χ4n) is 1.73. The topological polar surface area (TPSA) is 34.1 Å². The minimum Gasteiger partial charge on any atom is -0.485 e. The van der Waals surface area contributed by atoms with Crippen LogP contribution in [0.4, 0.5) is 8.78 Å². The molecule has 0 saturated carbocycles. The highest BCUT2D eigenvalue weighted by Crippen LogP contribution is 2.26. The lowest BCUT2D eigenvalue weighted by Crippen LogP contribution is -2.46. The number of aryl methyl sites for hydroxylation is 1. The maximum absolute atomic E-state index is 13.8. The van der Waals surface area contributed by atoms with E-state index in [-0.39, 0.29) is 11.0 Å². The first-order chi connectivity index (χ1) is 9.80. The van der Waals surface area contributed by atoms with Gasteiger partial charge in [-0.2, -0.15) is 0 Å². The molecule has 0 aromatic carbocycles. The summed E-state index contributed by atoms with van der Waals surface area (Å²) in [6, 6.07) is 1.89. The molecule has 0 bridgehead atoms. The summed E-state index contributed by atoms with van der Waals surface area (Å²) in [6.07, 6.45) is 1.53. The Morgan fingerprint density at radius 2 is 1.73 bits per heavy atom. The van der Waals surface area contributed by atoms with Crippen molar-refractivity contribution in [2.45, 2.75) is 65.3 Å². The number of hydrogen-bond acceptors (Lipinski definition) is 3. The molecule has 0 unspecified atom stereocenters. The largest absolute Gasteiger partial charge is 0.485 e. The van der Waals surface area contributed by atoms with Crippen molar-refractivity contribution in [1.29, 1.82) is 0 Å². The minimum atomic E-state index is -2.93. The van der Waals surface area contributed by atoms with Crippen molar-refractivity contribution in [3.05, 3.63) is 23.5 Å². The molecule has 0 aliphatic rings. The number of halogens is 2. The van der Waals surface area contributed by atoms with E-state index in [2.05, 4.69) is 31.1 Å². The van der Waals surface area contributed by atoms with Crippen LogP contribution in [0.2, 0.25) is 0 Å². The average molecular weight is 314 g/mol. The van der Waals surface area contributed by atoms with Crippen molar-refractivity contribution < 1.29 is 13.5 Å². The first-order valence-electron chi connectivity index (χ1n) is 7.53. The Labute approximate surface area is 132 Å². The molecule has 0 fully saturated rings. The van der Waals surface area contributed by atoms with Gasteiger partial charge in [-0.3, -0.25) is 4.98 Å². The van der Waals surface area contributed by atoms with E-state index in [1.807, 2.05) is 33.8 Å². The third kappa shape index (κ3) is 6.26. The molecule has 1 heterocycles. The molecule has 1 N–H and O–H groups in total. The summed E-state index contributed by atoms with van der Waals surface area (Å²) >= 11 is 0. The van der Waals surface area contributed by atoms with Crippen LogP contribution in [0, 0.1) is 6.92 Å². The lowest BCUT2D eigenvalue weighted by Gasteiger charge is -2.25. The summed E-state index contributed by atoms with van der Waals surface area (Å²) in [6.45, 7) is 12.5. The number of rotatable bonds is 5. The predicted octanol–water partition coefficient (Wildman–Crippen LogP) is 4.09. The Morgan fingerprint density at radius 1 is 1.14 bits per heavy atom. The molecule has 0 amide bonds. The quantitative estimate of drug-likeness (QED) is 0.889. The Balaban J connectivity index is 2.68. The molecular weight excluding hydrogens is 286 g/mol. The Kier molecular flexibility index (Phi) is 5.55. The fourth-order valence-corrected chi connectivity index (χ4v) is 1.73. The van der Waals surface area contributed by atoms with E-state index in [0.29, 0.717) is 5.75 Å². The van der Waals surface area contributed by atoms with Gasteiger partial charge in [0.1, 0.15) is 5.75 Å². The molecule has 1 aromatic rings. The smallest absolute Gasteiger partial charge is 0.293 e. The molecule has 0 saturated heterocycles. The number of nitrogens with zero attached hydrogens (tertiary/aromatic N) is 1. The third-order valence-electron chi connectivity index (χ3n) is 3.15. The minimum absolute atomic E-state index is 0.0795. The number of ether oxygens (including phenoxy) is 1. The van der Waals surface area contributed by atoms with Crippen LogP contribution in [0.1, 0.15) is 52.8 Å². The van der Waals surface area contributed by atoms with Crippen molar-refractivity contribution in [2.75, 3.05) is 13.2 Å². The molecule has 0 aliphatic carbocycles. The third-order valence-corrected chi connectivity index (χ3v) is 3.15. The van der Waals surface area contributed by atoms with Crippen LogP contribution in [-0.4, -0.2) is 29.6 Å². The van der Waals surface area contributed by atoms with Crippen molar-refractivity contribution in [3.8, 4) is 5.75 Å². The second-order valence-corrected chi connectivity index (χ2v) is 7.83. The van der Waals surface area contributed by atoms with Crippen LogP contribution in [0.3, 0.4) is 0 Å². The van der Waals surface area contributed by atoms with Gasteiger partial charge >= 0.3 is 0 Å². The lowest BCUT2D eigenvalue weighted by molar-refractivity contribution is -0.0430. The summed E-state index contributed by atoms with van der Waals surface area (Å²) in [5, 5.41) is 2.80. The van der Waals surface area contributed by atoms with E-state index in [9.17, 15) is 8.78 Å². The maximum atomic E-state index is 13.8. The maximum Gasteiger partial charge on any atom is 0.293 e. The molecule has 0 atom stereocenters. The first kappa shape index (κ1) is 18.8. The van der Waals surface area contributed by atoms with Crippen molar-refractivity contribution >= 4 is 0 Å². The molecule has 126 valence electrons. The Bertz CT molecular complexity index is 502. The van der Waals surface area contributed by atoms with Crippen LogP contribution in [-0.2, 0) is 5.41 Å². The molecule has 22 heavy (non-hydrogen) atoms. The van der Waals surface area contributed by atoms with E-state index in [4.69, 9.17) is 4.74 Å². The van der Waals surface area contributed by atoms with Gasteiger partial charge in [0.05, 0.1) is 12.7 Å². The zero-order valence-electron chi connectivity index (χ0n) is 14.7. The average Bonchev–Trinajstić information content (AvgIpc) is 2.33. The molecule has 0 aliphatic heterocycles. The van der Waals surface area contributed by atoms with Gasteiger partial charge in [-0.25, -0.2) is 8.78 Å². The second-order valence-electron chi connectivity index (χ2n) is 7.83. The number of aromatic nitrogens is 1. The molecular formula is C17H28F2N2O. The zero-order chi connectivity index (χ0) is 17.2. The second kappa shape index (κ2) is 6.49. The summed E-state index contributed by atoms with van der Waals surface area (Å²) < 4.78 is 32.9. The van der Waals surface area contributed by atoms with Crippen LogP contribution in [0.15, 0.2) is 12.3 Å². The van der Waals surface area contributed by atoms with Crippen molar-refractivity contribution in [2.24, 2.45) is 0 Å². The summed E-state index contributed by atoms with van der Waals surface area (Å²) in [5.74, 6) is -2.52. The van der Waals surface area contributed by atoms with Crippen LogP contribution < -0.4 is 10.1 Å². The van der Waals surface area contributed by atoms with E-state index < -0.39 is 19.1 Å². The number of nitrogens with one attached hydrogen (secondary N) is 1. The normalized spacial score (nSPS) is 13.3. The Hall–Kier alpha value is -1.23. The number of pyridine rings is 1. The number of alkyl halides is 2. The van der Waals surface area contributed by atoms with Gasteiger partial charge < -0.3 is 10.1 Å². The van der Waals surface area contributed by atoms with Gasteiger partial charge in [-0.15, -0.1) is 0 Å². The first-order valence-corrected chi connectivity index (χ1v) is 7.53. The molecule has 0 radical (unpaired) electrons.